The minimum Gasteiger partial charge on any atom is -0.478 e. The van der Waals surface area contributed by atoms with Gasteiger partial charge < -0.3 is 5.11 Å². The highest BCUT2D eigenvalue weighted by molar-refractivity contribution is 7.89. The van der Waals surface area contributed by atoms with Crippen molar-refractivity contribution in [2.24, 2.45) is 0 Å². The number of allylic oxidation sites excluding steroid dienone is 2. The van der Waals surface area contributed by atoms with E-state index in [2.05, 4.69) is 6.58 Å². The molecule has 0 saturated carbocycles. The standard InChI is InChI=1S/C7H10O5S/c1-3-4-6(13(10,11)12)5(2)7(8)9/h3H,1,4H2,2H3,(H,8,9)(H,10,11,12)/b6-5+. The van der Waals surface area contributed by atoms with Gasteiger partial charge in [-0.05, 0) is 6.92 Å². The molecule has 0 radical (unpaired) electrons. The fraction of sp³-hybridized carbons (Fsp3) is 0.286. The maximum Gasteiger partial charge on any atom is 0.332 e. The molecule has 13 heavy (non-hydrogen) atoms. The predicted molar refractivity (Wildman–Crippen MR) is 46.7 cm³/mol. The normalized spacial score (nSPS) is 13.4. The molecule has 0 atom stereocenters. The zero-order chi connectivity index (χ0) is 10.6. The first kappa shape index (κ1) is 11.9. The minimum absolute atomic E-state index is 0.197. The fourth-order valence-corrected chi connectivity index (χ4v) is 1.50. The molecule has 0 heterocycles. The van der Waals surface area contributed by atoms with E-state index in [-0.39, 0.29) is 6.42 Å². The van der Waals surface area contributed by atoms with Gasteiger partial charge in [-0.15, -0.1) is 6.58 Å². The molecule has 0 aliphatic carbocycles. The zero-order valence-corrected chi connectivity index (χ0v) is 7.84. The molecule has 0 saturated heterocycles. The van der Waals surface area contributed by atoms with Crippen molar-refractivity contribution in [3.05, 3.63) is 23.1 Å². The highest BCUT2D eigenvalue weighted by Gasteiger charge is 2.19. The van der Waals surface area contributed by atoms with Crippen LogP contribution >= 0.6 is 0 Å². The molecule has 0 aromatic rings. The average molecular weight is 206 g/mol. The highest BCUT2D eigenvalue weighted by Crippen LogP contribution is 2.15. The summed E-state index contributed by atoms with van der Waals surface area (Å²) in [6.07, 6.45) is 1.01. The van der Waals surface area contributed by atoms with Crippen molar-refractivity contribution in [3.8, 4) is 0 Å². The molecule has 0 spiro atoms. The summed E-state index contributed by atoms with van der Waals surface area (Å²) in [5.41, 5.74) is -0.401. The maximum absolute atomic E-state index is 10.7. The second kappa shape index (κ2) is 4.20. The summed E-state index contributed by atoms with van der Waals surface area (Å²) >= 11 is 0. The van der Waals surface area contributed by atoms with Gasteiger partial charge in [0.1, 0.15) is 0 Å². The van der Waals surface area contributed by atoms with Crippen LogP contribution in [0.1, 0.15) is 13.3 Å². The topological polar surface area (TPSA) is 91.7 Å². The van der Waals surface area contributed by atoms with Gasteiger partial charge in [-0.25, -0.2) is 4.79 Å². The first-order chi connectivity index (χ1) is 5.80. The summed E-state index contributed by atoms with van der Waals surface area (Å²) in [7, 11) is -4.44. The van der Waals surface area contributed by atoms with Gasteiger partial charge in [-0.1, -0.05) is 6.08 Å². The number of rotatable bonds is 4. The van der Waals surface area contributed by atoms with Crippen LogP contribution in [0.4, 0.5) is 0 Å². The number of carboxylic acids is 1. The predicted octanol–water partition coefficient (Wildman–Crippen LogP) is 0.809. The van der Waals surface area contributed by atoms with Crippen molar-refractivity contribution in [3.63, 3.8) is 0 Å². The SMILES string of the molecule is C=CC/C(=C(/C)C(=O)O)S(=O)(=O)O. The Hall–Kier alpha value is -1.14. The second-order valence-corrected chi connectivity index (χ2v) is 3.76. The summed E-state index contributed by atoms with van der Waals surface area (Å²) in [6, 6.07) is 0. The smallest absolute Gasteiger partial charge is 0.332 e. The lowest BCUT2D eigenvalue weighted by molar-refractivity contribution is -0.132. The molecule has 0 rings (SSSR count). The Morgan fingerprint density at radius 3 is 2.23 bits per heavy atom. The molecule has 5 nitrogen and oxygen atoms in total. The van der Waals surface area contributed by atoms with Gasteiger partial charge in [0.05, 0.1) is 10.5 Å². The number of carbonyl (C=O) groups is 1. The van der Waals surface area contributed by atoms with Gasteiger partial charge in [0.15, 0.2) is 0 Å². The van der Waals surface area contributed by atoms with Crippen LogP contribution in [0.15, 0.2) is 23.1 Å². The molecule has 0 fully saturated rings. The molecule has 0 aromatic carbocycles. The number of carboxylic acid groups (broad SMARTS) is 1. The van der Waals surface area contributed by atoms with Crippen molar-refractivity contribution < 1.29 is 22.9 Å². The molecule has 6 heteroatoms. The molecule has 0 aliphatic rings. The largest absolute Gasteiger partial charge is 0.478 e. The third kappa shape index (κ3) is 3.39. The van der Waals surface area contributed by atoms with Crippen molar-refractivity contribution in [2.45, 2.75) is 13.3 Å². The lowest BCUT2D eigenvalue weighted by Gasteiger charge is -2.02. The van der Waals surface area contributed by atoms with E-state index in [9.17, 15) is 13.2 Å². The summed E-state index contributed by atoms with van der Waals surface area (Å²) in [5.74, 6) is -1.38. The van der Waals surface area contributed by atoms with Gasteiger partial charge in [-0.3, -0.25) is 4.55 Å². The molecular weight excluding hydrogens is 196 g/mol. The van der Waals surface area contributed by atoms with Crippen LogP contribution in [0.25, 0.3) is 0 Å². The monoisotopic (exact) mass is 206 g/mol. The van der Waals surface area contributed by atoms with E-state index in [4.69, 9.17) is 9.66 Å². The minimum atomic E-state index is -4.44. The lowest BCUT2D eigenvalue weighted by Crippen LogP contribution is -2.09. The number of hydrogen-bond donors (Lipinski definition) is 2. The average Bonchev–Trinajstić information content (AvgIpc) is 1.96. The van der Waals surface area contributed by atoms with E-state index < -0.39 is 26.6 Å². The van der Waals surface area contributed by atoms with Crippen LogP contribution in [0.5, 0.6) is 0 Å². The Labute approximate surface area is 76.1 Å². The van der Waals surface area contributed by atoms with E-state index in [1.165, 1.54) is 6.08 Å². The molecule has 0 aliphatic heterocycles. The first-order valence-corrected chi connectivity index (χ1v) is 4.76. The van der Waals surface area contributed by atoms with Crippen LogP contribution in [0.3, 0.4) is 0 Å². The van der Waals surface area contributed by atoms with E-state index >= 15 is 0 Å². The van der Waals surface area contributed by atoms with Crippen molar-refractivity contribution >= 4 is 16.1 Å². The third-order valence-corrected chi connectivity index (χ3v) is 2.48. The van der Waals surface area contributed by atoms with Gasteiger partial charge in [-0.2, -0.15) is 8.42 Å². The molecule has 0 bridgehead atoms. The quantitative estimate of drug-likeness (QED) is 0.403. The van der Waals surface area contributed by atoms with E-state index in [1.807, 2.05) is 0 Å². The molecular formula is C7H10O5S. The molecule has 0 unspecified atom stereocenters. The Kier molecular flexibility index (Phi) is 3.83. The fourth-order valence-electron chi connectivity index (χ4n) is 0.702. The Balaban J connectivity index is 5.38. The number of hydrogen-bond acceptors (Lipinski definition) is 3. The zero-order valence-electron chi connectivity index (χ0n) is 7.02. The van der Waals surface area contributed by atoms with Crippen LogP contribution < -0.4 is 0 Å². The first-order valence-electron chi connectivity index (χ1n) is 3.32. The van der Waals surface area contributed by atoms with E-state index in [0.717, 1.165) is 6.92 Å². The van der Waals surface area contributed by atoms with Crippen molar-refractivity contribution in [1.82, 2.24) is 0 Å². The maximum atomic E-state index is 10.7. The van der Waals surface area contributed by atoms with Gasteiger partial charge in [0.25, 0.3) is 10.1 Å². The van der Waals surface area contributed by atoms with Crippen LogP contribution in [0.2, 0.25) is 0 Å². The van der Waals surface area contributed by atoms with Gasteiger partial charge >= 0.3 is 5.97 Å². The molecule has 0 amide bonds. The summed E-state index contributed by atoms with van der Waals surface area (Å²) in [6.45, 7) is 4.36. The summed E-state index contributed by atoms with van der Waals surface area (Å²) in [5, 5.41) is 8.47. The van der Waals surface area contributed by atoms with E-state index in [1.54, 1.807) is 0 Å². The van der Waals surface area contributed by atoms with E-state index in [0.29, 0.717) is 0 Å². The highest BCUT2D eigenvalue weighted by atomic mass is 32.2. The summed E-state index contributed by atoms with van der Waals surface area (Å²) < 4.78 is 29.9. The van der Waals surface area contributed by atoms with Crippen molar-refractivity contribution in [2.75, 3.05) is 0 Å². The lowest BCUT2D eigenvalue weighted by atomic mass is 10.2. The Bertz CT molecular complexity index is 349. The Morgan fingerprint density at radius 1 is 1.54 bits per heavy atom. The molecule has 0 aromatic heterocycles. The van der Waals surface area contributed by atoms with Gasteiger partial charge in [0, 0.05) is 6.42 Å². The molecule has 2 N–H and O–H groups in total. The van der Waals surface area contributed by atoms with Crippen LogP contribution in [-0.2, 0) is 14.9 Å². The van der Waals surface area contributed by atoms with Crippen LogP contribution in [0, 0.1) is 0 Å². The summed E-state index contributed by atoms with van der Waals surface area (Å²) in [4.78, 5) is 9.86. The third-order valence-electron chi connectivity index (χ3n) is 1.38. The van der Waals surface area contributed by atoms with Crippen LogP contribution in [-0.4, -0.2) is 24.0 Å². The van der Waals surface area contributed by atoms with Gasteiger partial charge in [0.2, 0.25) is 0 Å². The Morgan fingerprint density at radius 2 is 2.00 bits per heavy atom. The number of aliphatic carboxylic acids is 1. The van der Waals surface area contributed by atoms with Crippen molar-refractivity contribution in [1.29, 1.82) is 0 Å². The molecule has 74 valence electrons. The second-order valence-electron chi connectivity index (χ2n) is 2.32.